The van der Waals surface area contributed by atoms with E-state index in [-0.39, 0.29) is 17.5 Å². The van der Waals surface area contributed by atoms with Crippen LogP contribution in [0.4, 0.5) is 0 Å². The van der Waals surface area contributed by atoms with Crippen LogP contribution in [-0.4, -0.2) is 16.8 Å². The third kappa shape index (κ3) is 3.31. The van der Waals surface area contributed by atoms with Crippen molar-refractivity contribution < 1.29 is 9.59 Å². The van der Waals surface area contributed by atoms with Gasteiger partial charge < -0.3 is 0 Å². The highest BCUT2D eigenvalue weighted by atomic mass is 16.2. The van der Waals surface area contributed by atoms with Crippen LogP contribution in [0.2, 0.25) is 0 Å². The van der Waals surface area contributed by atoms with E-state index in [0.717, 1.165) is 23.7 Å². The van der Waals surface area contributed by atoms with Crippen LogP contribution in [0, 0.1) is 5.92 Å². The summed E-state index contributed by atoms with van der Waals surface area (Å²) in [5, 5.41) is 0.969. The summed E-state index contributed by atoms with van der Waals surface area (Å²) in [6.07, 6.45) is 6.53. The van der Waals surface area contributed by atoms with Crippen LogP contribution in [0.15, 0.2) is 48.6 Å². The maximum atomic E-state index is 12.0. The SMILES string of the molecule is O=C(C[C@H]1C=CCC1)NNC(=O)c1ccc2ccccc2n1. The molecule has 112 valence electrons. The van der Waals surface area contributed by atoms with E-state index in [0.29, 0.717) is 6.42 Å². The van der Waals surface area contributed by atoms with Crippen LogP contribution in [-0.2, 0) is 4.79 Å². The van der Waals surface area contributed by atoms with E-state index < -0.39 is 5.91 Å². The first-order valence-corrected chi connectivity index (χ1v) is 7.34. The molecule has 1 heterocycles. The molecule has 1 aromatic heterocycles. The highest BCUT2D eigenvalue weighted by Crippen LogP contribution is 2.19. The molecule has 0 radical (unpaired) electrons. The van der Waals surface area contributed by atoms with Crippen LogP contribution in [0.3, 0.4) is 0 Å². The van der Waals surface area contributed by atoms with Gasteiger partial charge in [-0.2, -0.15) is 0 Å². The molecule has 1 aromatic carbocycles. The largest absolute Gasteiger partial charge is 0.288 e. The van der Waals surface area contributed by atoms with Crippen LogP contribution in [0.1, 0.15) is 29.8 Å². The molecule has 0 fully saturated rings. The van der Waals surface area contributed by atoms with Crippen LogP contribution >= 0.6 is 0 Å². The van der Waals surface area contributed by atoms with E-state index in [1.807, 2.05) is 36.4 Å². The molecule has 5 heteroatoms. The van der Waals surface area contributed by atoms with E-state index in [2.05, 4.69) is 21.9 Å². The highest BCUT2D eigenvalue weighted by molar-refractivity contribution is 5.95. The predicted octanol–water partition coefficient (Wildman–Crippen LogP) is 2.35. The van der Waals surface area contributed by atoms with Gasteiger partial charge in [-0.1, -0.05) is 36.4 Å². The molecule has 0 bridgehead atoms. The number of nitrogens with one attached hydrogen (secondary N) is 2. The molecule has 2 amide bonds. The minimum absolute atomic E-state index is 0.189. The number of rotatable bonds is 3. The van der Waals surface area contributed by atoms with Gasteiger partial charge in [0.2, 0.25) is 5.91 Å². The maximum absolute atomic E-state index is 12.0. The lowest BCUT2D eigenvalue weighted by Gasteiger charge is -2.10. The fourth-order valence-corrected chi connectivity index (χ4v) is 2.54. The molecular formula is C17H17N3O2. The first-order valence-electron chi connectivity index (χ1n) is 7.34. The van der Waals surface area contributed by atoms with Gasteiger partial charge in [-0.05, 0) is 30.9 Å². The summed E-state index contributed by atoms with van der Waals surface area (Å²) in [5.74, 6) is -0.331. The number of carbonyl (C=O) groups excluding carboxylic acids is 2. The summed E-state index contributed by atoms with van der Waals surface area (Å²) >= 11 is 0. The summed E-state index contributed by atoms with van der Waals surface area (Å²) in [4.78, 5) is 28.1. The molecule has 3 rings (SSSR count). The highest BCUT2D eigenvalue weighted by Gasteiger charge is 2.15. The first-order chi connectivity index (χ1) is 10.7. The Hall–Kier alpha value is -2.69. The van der Waals surface area contributed by atoms with E-state index in [9.17, 15) is 9.59 Å². The molecule has 0 saturated heterocycles. The van der Waals surface area contributed by atoms with Crippen molar-refractivity contribution in [2.75, 3.05) is 0 Å². The van der Waals surface area contributed by atoms with Crippen molar-refractivity contribution in [2.45, 2.75) is 19.3 Å². The number of hydrogen-bond acceptors (Lipinski definition) is 3. The molecule has 2 N–H and O–H groups in total. The van der Waals surface area contributed by atoms with Gasteiger partial charge in [-0.3, -0.25) is 20.4 Å². The summed E-state index contributed by atoms with van der Waals surface area (Å²) in [6.45, 7) is 0. The zero-order chi connectivity index (χ0) is 15.4. The molecule has 1 aliphatic rings. The van der Waals surface area contributed by atoms with Crippen molar-refractivity contribution in [1.29, 1.82) is 0 Å². The smallest absolute Gasteiger partial charge is 0.273 e. The molecule has 1 aliphatic carbocycles. The first kappa shape index (κ1) is 14.3. The van der Waals surface area contributed by atoms with Crippen molar-refractivity contribution in [3.63, 3.8) is 0 Å². The lowest BCUT2D eigenvalue weighted by molar-refractivity contribution is -0.122. The lowest BCUT2D eigenvalue weighted by atomic mass is 10.1. The quantitative estimate of drug-likeness (QED) is 0.674. The molecule has 22 heavy (non-hydrogen) atoms. The number of hydrazine groups is 1. The van der Waals surface area contributed by atoms with Gasteiger partial charge in [0.15, 0.2) is 0 Å². The molecule has 0 saturated carbocycles. The van der Waals surface area contributed by atoms with Gasteiger partial charge in [0.25, 0.3) is 5.91 Å². The minimum atomic E-state index is -0.416. The monoisotopic (exact) mass is 295 g/mol. The van der Waals surface area contributed by atoms with Crippen molar-refractivity contribution in [3.8, 4) is 0 Å². The van der Waals surface area contributed by atoms with Gasteiger partial charge in [0, 0.05) is 11.8 Å². The van der Waals surface area contributed by atoms with E-state index in [1.54, 1.807) is 6.07 Å². The summed E-state index contributed by atoms with van der Waals surface area (Å²) in [5.41, 5.74) is 5.88. The zero-order valence-corrected chi connectivity index (χ0v) is 12.1. The van der Waals surface area contributed by atoms with E-state index in [4.69, 9.17) is 0 Å². The number of benzene rings is 1. The van der Waals surface area contributed by atoms with Gasteiger partial charge in [0.05, 0.1) is 5.52 Å². The van der Waals surface area contributed by atoms with Gasteiger partial charge >= 0.3 is 0 Å². The molecule has 0 spiro atoms. The number of hydrogen-bond donors (Lipinski definition) is 2. The summed E-state index contributed by atoms with van der Waals surface area (Å²) in [6, 6.07) is 11.0. The number of amides is 2. The molecule has 5 nitrogen and oxygen atoms in total. The number of allylic oxidation sites excluding steroid dienone is 2. The Balaban J connectivity index is 1.58. The number of carbonyl (C=O) groups is 2. The van der Waals surface area contributed by atoms with Gasteiger partial charge in [-0.15, -0.1) is 0 Å². The third-order valence-electron chi connectivity index (χ3n) is 3.71. The van der Waals surface area contributed by atoms with Crippen molar-refractivity contribution in [1.82, 2.24) is 15.8 Å². The average Bonchev–Trinajstić information content (AvgIpc) is 3.05. The number of aromatic nitrogens is 1. The number of para-hydroxylation sites is 1. The van der Waals surface area contributed by atoms with E-state index in [1.165, 1.54) is 0 Å². The summed E-state index contributed by atoms with van der Waals surface area (Å²) < 4.78 is 0. The fourth-order valence-electron chi connectivity index (χ4n) is 2.54. The van der Waals surface area contributed by atoms with Crippen LogP contribution in [0.25, 0.3) is 10.9 Å². The van der Waals surface area contributed by atoms with Crippen molar-refractivity contribution in [2.24, 2.45) is 5.92 Å². The standard InChI is InChI=1S/C17H17N3O2/c21-16(11-12-5-1-2-6-12)19-20-17(22)15-10-9-13-7-3-4-8-14(13)18-15/h1,3-5,7-10,12H,2,6,11H2,(H,19,21)(H,20,22)/t12-/m0/s1. The second kappa shape index (κ2) is 6.39. The Kier molecular flexibility index (Phi) is 4.14. The second-order valence-electron chi connectivity index (χ2n) is 5.36. The molecule has 0 aliphatic heterocycles. The number of pyridine rings is 1. The Morgan fingerprint density at radius 1 is 1.14 bits per heavy atom. The fraction of sp³-hybridized carbons (Fsp3) is 0.235. The molecule has 1 atom stereocenters. The molecular weight excluding hydrogens is 278 g/mol. The second-order valence-corrected chi connectivity index (χ2v) is 5.36. The Labute approximate surface area is 128 Å². The zero-order valence-electron chi connectivity index (χ0n) is 12.1. The number of fused-ring (bicyclic) bond motifs is 1. The molecule has 0 unspecified atom stereocenters. The number of nitrogens with zero attached hydrogens (tertiary/aromatic N) is 1. The molecule has 2 aromatic rings. The Bertz CT molecular complexity index is 740. The normalized spacial score (nSPS) is 16.6. The average molecular weight is 295 g/mol. The van der Waals surface area contributed by atoms with Crippen LogP contribution < -0.4 is 10.9 Å². The Morgan fingerprint density at radius 3 is 2.82 bits per heavy atom. The van der Waals surface area contributed by atoms with Gasteiger partial charge in [-0.25, -0.2) is 4.98 Å². The van der Waals surface area contributed by atoms with Crippen LogP contribution in [0.5, 0.6) is 0 Å². The van der Waals surface area contributed by atoms with Crippen molar-refractivity contribution >= 4 is 22.7 Å². The lowest BCUT2D eigenvalue weighted by Crippen LogP contribution is -2.42. The van der Waals surface area contributed by atoms with E-state index >= 15 is 0 Å². The van der Waals surface area contributed by atoms with Gasteiger partial charge in [0.1, 0.15) is 5.69 Å². The summed E-state index contributed by atoms with van der Waals surface area (Å²) in [7, 11) is 0. The topological polar surface area (TPSA) is 71.1 Å². The Morgan fingerprint density at radius 2 is 2.00 bits per heavy atom. The van der Waals surface area contributed by atoms with Crippen molar-refractivity contribution in [3.05, 3.63) is 54.2 Å². The predicted molar refractivity (Wildman–Crippen MR) is 83.8 cm³/mol. The maximum Gasteiger partial charge on any atom is 0.288 e. The third-order valence-corrected chi connectivity index (χ3v) is 3.71. The minimum Gasteiger partial charge on any atom is -0.273 e.